The molecule has 4 aromatic rings. The number of hydrogen-bond donors (Lipinski definition) is 1. The molecule has 0 radical (unpaired) electrons. The average molecular weight is 365 g/mol. The zero-order valence-corrected chi connectivity index (χ0v) is 15.4. The van der Waals surface area contributed by atoms with Crippen molar-refractivity contribution in [1.29, 1.82) is 0 Å². The Morgan fingerprint density at radius 3 is 2.29 bits per heavy atom. The third kappa shape index (κ3) is 2.18. The zero-order valence-electron chi connectivity index (χ0n) is 15.4. The molecular weight excluding hydrogens is 345 g/mol. The van der Waals surface area contributed by atoms with Crippen LogP contribution in [0, 0.1) is 11.7 Å². The fraction of sp³-hybridized carbons (Fsp3) is 0.154. The lowest BCUT2D eigenvalue weighted by atomic mass is 9.75. The minimum atomic E-state index is -0.161. The summed E-state index contributed by atoms with van der Waals surface area (Å²) in [6.07, 6.45) is 5.54. The van der Waals surface area contributed by atoms with Gasteiger partial charge in [0.25, 0.3) is 0 Å². The van der Waals surface area contributed by atoms with Gasteiger partial charge in [-0.05, 0) is 57.1 Å². The van der Waals surface area contributed by atoms with Crippen LogP contribution in [-0.2, 0) is 0 Å². The molecule has 2 heteroatoms. The maximum Gasteiger partial charge on any atom is 0.146 e. The molecule has 0 fully saturated rings. The van der Waals surface area contributed by atoms with Gasteiger partial charge in [0.1, 0.15) is 5.82 Å². The van der Waals surface area contributed by atoms with E-state index >= 15 is 0 Å². The molecular formula is C26H20FN. The predicted molar refractivity (Wildman–Crippen MR) is 114 cm³/mol. The zero-order chi connectivity index (χ0) is 18.7. The molecule has 0 aromatic heterocycles. The maximum atomic E-state index is 14.8. The van der Waals surface area contributed by atoms with Crippen molar-refractivity contribution in [1.82, 2.24) is 0 Å². The summed E-state index contributed by atoms with van der Waals surface area (Å²) < 4.78 is 14.8. The minimum Gasteiger partial charge on any atom is -0.375 e. The predicted octanol–water partition coefficient (Wildman–Crippen LogP) is 6.96. The lowest BCUT2D eigenvalue weighted by molar-refractivity contribution is 0.424. The summed E-state index contributed by atoms with van der Waals surface area (Å²) in [4.78, 5) is 0. The maximum absolute atomic E-state index is 14.8. The molecule has 2 aliphatic rings. The summed E-state index contributed by atoms with van der Waals surface area (Å²) in [7, 11) is 0. The van der Waals surface area contributed by atoms with Gasteiger partial charge >= 0.3 is 0 Å². The van der Waals surface area contributed by atoms with E-state index in [9.17, 15) is 4.39 Å². The van der Waals surface area contributed by atoms with Crippen LogP contribution < -0.4 is 5.32 Å². The number of nitrogens with one attached hydrogen (secondary N) is 1. The van der Waals surface area contributed by atoms with Crippen LogP contribution in [0.25, 0.3) is 21.5 Å². The second-order valence-corrected chi connectivity index (χ2v) is 7.91. The molecule has 0 bridgehead atoms. The number of benzene rings is 4. The van der Waals surface area contributed by atoms with Gasteiger partial charge in [0.15, 0.2) is 0 Å². The molecule has 136 valence electrons. The van der Waals surface area contributed by atoms with Crippen molar-refractivity contribution in [3.05, 3.63) is 102 Å². The van der Waals surface area contributed by atoms with Gasteiger partial charge in [0, 0.05) is 5.92 Å². The summed E-state index contributed by atoms with van der Waals surface area (Å²) >= 11 is 0. The second-order valence-electron chi connectivity index (χ2n) is 7.91. The molecule has 1 heterocycles. The first-order valence-corrected chi connectivity index (χ1v) is 9.93. The van der Waals surface area contributed by atoms with Crippen LogP contribution in [0.1, 0.15) is 29.5 Å². The second kappa shape index (κ2) is 5.93. The SMILES string of the molecule is Fc1cccc2c1NC(c1c3ccccc3cc3ccccc13)C1CC=CC21. The van der Waals surface area contributed by atoms with E-state index in [-0.39, 0.29) is 17.8 Å². The van der Waals surface area contributed by atoms with Gasteiger partial charge in [-0.15, -0.1) is 0 Å². The van der Waals surface area contributed by atoms with Gasteiger partial charge < -0.3 is 5.32 Å². The van der Waals surface area contributed by atoms with Gasteiger partial charge in [-0.3, -0.25) is 0 Å². The normalized spacial score (nSPS) is 22.8. The highest BCUT2D eigenvalue weighted by atomic mass is 19.1. The van der Waals surface area contributed by atoms with Crippen LogP contribution in [0.2, 0.25) is 0 Å². The molecule has 1 aliphatic heterocycles. The fourth-order valence-electron chi connectivity index (χ4n) is 5.25. The Labute approximate surface area is 163 Å². The Hall–Kier alpha value is -3.13. The van der Waals surface area contributed by atoms with Crippen LogP contribution >= 0.6 is 0 Å². The van der Waals surface area contributed by atoms with Crippen LogP contribution in [0.4, 0.5) is 10.1 Å². The molecule has 1 nitrogen and oxygen atoms in total. The molecule has 0 amide bonds. The van der Waals surface area contributed by atoms with Crippen molar-refractivity contribution >= 4 is 27.2 Å². The van der Waals surface area contributed by atoms with Crippen molar-refractivity contribution in [2.45, 2.75) is 18.4 Å². The molecule has 3 atom stereocenters. The standard InChI is InChI=1S/C26H20FN/c27-23-14-6-13-21-20-11-5-12-22(20)26(28-25(21)23)24-18-9-3-1-7-16(18)15-17-8-2-4-10-19(17)24/h1-11,13-15,20,22,26,28H,12H2. The third-order valence-corrected chi connectivity index (χ3v) is 6.47. The summed E-state index contributed by atoms with van der Waals surface area (Å²) in [6, 6.07) is 24.9. The van der Waals surface area contributed by atoms with Crippen molar-refractivity contribution in [2.24, 2.45) is 5.92 Å². The molecule has 0 spiro atoms. The number of halogens is 1. The number of fused-ring (bicyclic) bond motifs is 5. The van der Waals surface area contributed by atoms with Gasteiger partial charge in [0.05, 0.1) is 11.7 Å². The van der Waals surface area contributed by atoms with Crippen molar-refractivity contribution < 1.29 is 4.39 Å². The summed E-state index contributed by atoms with van der Waals surface area (Å²) in [6.45, 7) is 0. The minimum absolute atomic E-state index is 0.0698. The van der Waals surface area contributed by atoms with E-state index in [0.717, 1.165) is 12.0 Å². The third-order valence-electron chi connectivity index (χ3n) is 6.47. The molecule has 1 aliphatic carbocycles. The highest BCUT2D eigenvalue weighted by molar-refractivity contribution is 6.03. The molecule has 6 rings (SSSR count). The molecule has 4 aromatic carbocycles. The Balaban J connectivity index is 1.66. The average Bonchev–Trinajstić information content (AvgIpc) is 3.22. The van der Waals surface area contributed by atoms with Crippen LogP contribution in [0.5, 0.6) is 0 Å². The molecule has 0 saturated carbocycles. The molecule has 1 N–H and O–H groups in total. The number of rotatable bonds is 1. The van der Waals surface area contributed by atoms with Crippen molar-refractivity contribution in [3.8, 4) is 0 Å². The first kappa shape index (κ1) is 15.9. The van der Waals surface area contributed by atoms with Gasteiger partial charge in [-0.1, -0.05) is 72.8 Å². The van der Waals surface area contributed by atoms with Gasteiger partial charge in [0.2, 0.25) is 0 Å². The highest BCUT2D eigenvalue weighted by Gasteiger charge is 2.39. The first-order valence-electron chi connectivity index (χ1n) is 9.93. The number of anilines is 1. The van der Waals surface area contributed by atoms with Gasteiger partial charge in [-0.2, -0.15) is 0 Å². The number of allylic oxidation sites excluding steroid dienone is 2. The topological polar surface area (TPSA) is 12.0 Å². The fourth-order valence-corrected chi connectivity index (χ4v) is 5.25. The lowest BCUT2D eigenvalue weighted by Gasteiger charge is -2.38. The van der Waals surface area contributed by atoms with E-state index in [1.807, 2.05) is 6.07 Å². The number of para-hydroxylation sites is 1. The summed E-state index contributed by atoms with van der Waals surface area (Å²) in [5, 5.41) is 8.60. The monoisotopic (exact) mass is 365 g/mol. The quantitative estimate of drug-likeness (QED) is 0.284. The molecule has 28 heavy (non-hydrogen) atoms. The Morgan fingerprint density at radius 1 is 0.821 bits per heavy atom. The van der Waals surface area contributed by atoms with E-state index in [4.69, 9.17) is 0 Å². The Morgan fingerprint density at radius 2 is 1.54 bits per heavy atom. The summed E-state index contributed by atoms with van der Waals surface area (Å²) in [5.41, 5.74) is 3.04. The van der Waals surface area contributed by atoms with E-state index in [0.29, 0.717) is 11.6 Å². The van der Waals surface area contributed by atoms with Crippen LogP contribution in [-0.4, -0.2) is 0 Å². The van der Waals surface area contributed by atoms with E-state index < -0.39 is 0 Å². The Bertz CT molecular complexity index is 1200. The van der Waals surface area contributed by atoms with Crippen LogP contribution in [0.3, 0.4) is 0 Å². The van der Waals surface area contributed by atoms with E-state index in [1.54, 1.807) is 6.07 Å². The van der Waals surface area contributed by atoms with E-state index in [2.05, 4.69) is 78.1 Å². The van der Waals surface area contributed by atoms with Gasteiger partial charge in [-0.25, -0.2) is 4.39 Å². The highest BCUT2D eigenvalue weighted by Crippen LogP contribution is 2.52. The van der Waals surface area contributed by atoms with Crippen LogP contribution in [0.15, 0.2) is 84.9 Å². The largest absolute Gasteiger partial charge is 0.375 e. The van der Waals surface area contributed by atoms with Crippen molar-refractivity contribution in [2.75, 3.05) is 5.32 Å². The lowest BCUT2D eigenvalue weighted by Crippen LogP contribution is -2.30. The summed E-state index contributed by atoms with van der Waals surface area (Å²) in [5.74, 6) is 0.490. The smallest absolute Gasteiger partial charge is 0.146 e. The molecule has 3 unspecified atom stereocenters. The Kier molecular flexibility index (Phi) is 3.37. The molecule has 0 saturated heterocycles. The first-order chi connectivity index (χ1) is 13.8. The van der Waals surface area contributed by atoms with E-state index in [1.165, 1.54) is 27.1 Å². The van der Waals surface area contributed by atoms with Crippen molar-refractivity contribution in [3.63, 3.8) is 0 Å². The number of hydrogen-bond acceptors (Lipinski definition) is 1.